The standard InChI is InChI=1S/C16H20N2O2/c1-18-9-3-6-15(11-18)20-14-5-2-4-13(10-14)16(7-8-16)17-12-19/h2,4-5,10,15H,3,6-9,11H2,1H3. The minimum absolute atomic E-state index is 0.258. The Morgan fingerprint density at radius 2 is 2.30 bits per heavy atom. The first kappa shape index (κ1) is 13.3. The molecule has 1 aromatic rings. The average molecular weight is 272 g/mol. The van der Waals surface area contributed by atoms with Gasteiger partial charge < -0.3 is 9.64 Å². The number of hydrogen-bond acceptors (Lipinski definition) is 4. The van der Waals surface area contributed by atoms with Gasteiger partial charge in [-0.3, -0.25) is 0 Å². The van der Waals surface area contributed by atoms with Crippen LogP contribution < -0.4 is 4.74 Å². The number of nitrogens with zero attached hydrogens (tertiary/aromatic N) is 2. The molecule has 0 radical (unpaired) electrons. The van der Waals surface area contributed by atoms with Gasteiger partial charge in [0.05, 0.1) is 5.54 Å². The van der Waals surface area contributed by atoms with Crippen LogP contribution in [-0.2, 0) is 10.3 Å². The zero-order chi connectivity index (χ0) is 14.0. The lowest BCUT2D eigenvalue weighted by molar-refractivity contribution is 0.104. The van der Waals surface area contributed by atoms with Crippen LogP contribution in [0.15, 0.2) is 29.3 Å². The van der Waals surface area contributed by atoms with E-state index in [4.69, 9.17) is 4.74 Å². The fourth-order valence-electron chi connectivity index (χ4n) is 2.94. The van der Waals surface area contributed by atoms with Crippen molar-refractivity contribution in [1.82, 2.24) is 4.90 Å². The molecule has 1 saturated heterocycles. The van der Waals surface area contributed by atoms with Crippen molar-refractivity contribution in [3.8, 4) is 5.75 Å². The maximum atomic E-state index is 10.5. The van der Waals surface area contributed by atoms with Crippen LogP contribution in [0.3, 0.4) is 0 Å². The normalized spacial score (nSPS) is 24.8. The van der Waals surface area contributed by atoms with Crippen molar-refractivity contribution < 1.29 is 9.53 Å². The van der Waals surface area contributed by atoms with Crippen molar-refractivity contribution in [2.45, 2.75) is 37.3 Å². The van der Waals surface area contributed by atoms with E-state index in [2.05, 4.69) is 16.9 Å². The molecule has 20 heavy (non-hydrogen) atoms. The molecule has 1 heterocycles. The molecule has 0 N–H and O–H groups in total. The molecule has 1 atom stereocenters. The lowest BCUT2D eigenvalue weighted by Gasteiger charge is -2.30. The molecule has 1 unspecified atom stereocenters. The first-order valence-corrected chi connectivity index (χ1v) is 7.27. The van der Waals surface area contributed by atoms with Gasteiger partial charge in [-0.25, -0.2) is 4.79 Å². The number of isocyanates is 1. The average Bonchev–Trinajstić information content (AvgIpc) is 3.21. The van der Waals surface area contributed by atoms with Gasteiger partial charge in [0.15, 0.2) is 0 Å². The summed E-state index contributed by atoms with van der Waals surface area (Å²) < 4.78 is 6.09. The molecule has 1 aliphatic heterocycles. The summed E-state index contributed by atoms with van der Waals surface area (Å²) in [4.78, 5) is 16.8. The highest BCUT2D eigenvalue weighted by Gasteiger charge is 2.45. The Hall–Kier alpha value is -1.64. The van der Waals surface area contributed by atoms with Gasteiger partial charge in [-0.1, -0.05) is 12.1 Å². The van der Waals surface area contributed by atoms with Crippen LogP contribution in [0.1, 0.15) is 31.2 Å². The van der Waals surface area contributed by atoms with E-state index in [1.54, 1.807) is 6.08 Å². The minimum atomic E-state index is -0.315. The summed E-state index contributed by atoms with van der Waals surface area (Å²) in [6.45, 7) is 2.12. The van der Waals surface area contributed by atoms with E-state index in [0.717, 1.165) is 43.7 Å². The maximum Gasteiger partial charge on any atom is 0.235 e. The second kappa shape index (κ2) is 5.39. The number of aliphatic imine (C=N–C) groups is 1. The van der Waals surface area contributed by atoms with Crippen molar-refractivity contribution in [3.63, 3.8) is 0 Å². The number of piperidine rings is 1. The smallest absolute Gasteiger partial charge is 0.235 e. The number of carbonyl (C=O) groups excluding carboxylic acids is 1. The van der Waals surface area contributed by atoms with Crippen LogP contribution in [0.25, 0.3) is 0 Å². The zero-order valence-electron chi connectivity index (χ0n) is 11.8. The fraction of sp³-hybridized carbons (Fsp3) is 0.562. The summed E-state index contributed by atoms with van der Waals surface area (Å²) >= 11 is 0. The largest absolute Gasteiger partial charge is 0.489 e. The summed E-state index contributed by atoms with van der Waals surface area (Å²) in [6.07, 6.45) is 6.10. The highest BCUT2D eigenvalue weighted by molar-refractivity contribution is 5.43. The second-order valence-corrected chi connectivity index (χ2v) is 5.91. The lowest BCUT2D eigenvalue weighted by Crippen LogP contribution is -2.38. The number of benzene rings is 1. The van der Waals surface area contributed by atoms with Crippen LogP contribution in [0.2, 0.25) is 0 Å². The number of ether oxygens (including phenoxy) is 1. The number of likely N-dealkylation sites (tertiary alicyclic amines) is 1. The van der Waals surface area contributed by atoms with E-state index in [1.165, 1.54) is 6.42 Å². The summed E-state index contributed by atoms with van der Waals surface area (Å²) in [5.74, 6) is 0.884. The Balaban J connectivity index is 1.73. The zero-order valence-corrected chi connectivity index (χ0v) is 11.8. The van der Waals surface area contributed by atoms with E-state index >= 15 is 0 Å². The van der Waals surface area contributed by atoms with Crippen LogP contribution >= 0.6 is 0 Å². The molecule has 2 fully saturated rings. The maximum absolute atomic E-state index is 10.5. The molecular weight excluding hydrogens is 252 g/mol. The third kappa shape index (κ3) is 2.77. The van der Waals surface area contributed by atoms with E-state index < -0.39 is 0 Å². The molecule has 3 rings (SSSR count). The van der Waals surface area contributed by atoms with Gasteiger partial charge in [-0.2, -0.15) is 4.99 Å². The van der Waals surface area contributed by atoms with Crippen LogP contribution in [0.5, 0.6) is 5.75 Å². The van der Waals surface area contributed by atoms with Gasteiger partial charge in [0, 0.05) is 6.54 Å². The Morgan fingerprint density at radius 3 is 3.00 bits per heavy atom. The van der Waals surface area contributed by atoms with Gasteiger partial charge in [-0.15, -0.1) is 0 Å². The summed E-state index contributed by atoms with van der Waals surface area (Å²) in [5, 5.41) is 0. The first-order chi connectivity index (χ1) is 9.72. The van der Waals surface area contributed by atoms with Crippen molar-refractivity contribution >= 4 is 6.08 Å². The third-order valence-electron chi connectivity index (χ3n) is 4.24. The van der Waals surface area contributed by atoms with Crippen molar-refractivity contribution in [1.29, 1.82) is 0 Å². The number of rotatable bonds is 4. The molecule has 0 amide bonds. The van der Waals surface area contributed by atoms with E-state index in [0.29, 0.717) is 0 Å². The third-order valence-corrected chi connectivity index (χ3v) is 4.24. The number of hydrogen-bond donors (Lipinski definition) is 0. The predicted octanol–water partition coefficient (Wildman–Crippen LogP) is 2.48. The van der Waals surface area contributed by atoms with Gasteiger partial charge in [0.2, 0.25) is 6.08 Å². The van der Waals surface area contributed by atoms with Crippen LogP contribution in [-0.4, -0.2) is 37.2 Å². The summed E-state index contributed by atoms with van der Waals surface area (Å²) in [6, 6.07) is 8.02. The molecule has 2 aliphatic rings. The number of likely N-dealkylation sites (N-methyl/N-ethyl adjacent to an activating group) is 1. The highest BCUT2D eigenvalue weighted by atomic mass is 16.5. The van der Waals surface area contributed by atoms with Gasteiger partial charge in [0.25, 0.3) is 0 Å². The Kier molecular flexibility index (Phi) is 3.60. The van der Waals surface area contributed by atoms with E-state index in [-0.39, 0.29) is 11.6 Å². The molecule has 106 valence electrons. The van der Waals surface area contributed by atoms with Crippen molar-refractivity contribution in [2.75, 3.05) is 20.1 Å². The molecule has 0 bridgehead atoms. The molecule has 0 aromatic heterocycles. The first-order valence-electron chi connectivity index (χ1n) is 7.27. The molecule has 4 heteroatoms. The highest BCUT2D eigenvalue weighted by Crippen LogP contribution is 2.49. The quantitative estimate of drug-likeness (QED) is 0.624. The summed E-state index contributed by atoms with van der Waals surface area (Å²) in [7, 11) is 2.13. The molecule has 0 spiro atoms. The monoisotopic (exact) mass is 272 g/mol. The molecule has 4 nitrogen and oxygen atoms in total. The van der Waals surface area contributed by atoms with Crippen molar-refractivity contribution in [3.05, 3.63) is 29.8 Å². The minimum Gasteiger partial charge on any atom is -0.489 e. The topological polar surface area (TPSA) is 41.9 Å². The summed E-state index contributed by atoms with van der Waals surface area (Å²) in [5.41, 5.74) is 0.757. The molecule has 1 aromatic carbocycles. The second-order valence-electron chi connectivity index (χ2n) is 5.91. The Labute approximate surface area is 119 Å². The molecular formula is C16H20N2O2. The molecule has 1 saturated carbocycles. The van der Waals surface area contributed by atoms with E-state index in [1.807, 2.05) is 24.3 Å². The van der Waals surface area contributed by atoms with Gasteiger partial charge >= 0.3 is 0 Å². The van der Waals surface area contributed by atoms with E-state index in [9.17, 15) is 4.79 Å². The lowest BCUT2D eigenvalue weighted by atomic mass is 10.1. The van der Waals surface area contributed by atoms with Crippen LogP contribution in [0, 0.1) is 0 Å². The molecule has 1 aliphatic carbocycles. The van der Waals surface area contributed by atoms with Gasteiger partial charge in [-0.05, 0) is 57.0 Å². The Morgan fingerprint density at radius 1 is 1.45 bits per heavy atom. The van der Waals surface area contributed by atoms with Crippen molar-refractivity contribution in [2.24, 2.45) is 4.99 Å². The SMILES string of the molecule is CN1CCCC(Oc2cccc(C3(N=C=O)CC3)c2)C1. The Bertz CT molecular complexity index is 533. The predicted molar refractivity (Wildman–Crippen MR) is 76.6 cm³/mol. The van der Waals surface area contributed by atoms with Gasteiger partial charge in [0.1, 0.15) is 11.9 Å². The fourth-order valence-corrected chi connectivity index (χ4v) is 2.94. The van der Waals surface area contributed by atoms with Crippen LogP contribution in [0.4, 0.5) is 0 Å².